The van der Waals surface area contributed by atoms with E-state index in [9.17, 15) is 14.0 Å². The van der Waals surface area contributed by atoms with E-state index in [1.54, 1.807) is 17.0 Å². The van der Waals surface area contributed by atoms with Crippen LogP contribution in [0.5, 0.6) is 0 Å². The standard InChI is InChI=1S/C18H20FN3O3S/c1-11-21-15(16(26-11)12-5-7-13(19)8-6-12)17(23)22-9-3-2-4-14(22)10-20-18(24)25/h5-8,14,20H,2-4,9-10H2,1H3,(H,24,25)/t14-/m0/s1. The molecule has 1 atom stereocenters. The summed E-state index contributed by atoms with van der Waals surface area (Å²) in [6.07, 6.45) is 1.49. The van der Waals surface area contributed by atoms with Crippen molar-refractivity contribution in [2.24, 2.45) is 0 Å². The average molecular weight is 377 g/mol. The Bertz CT molecular complexity index is 807. The van der Waals surface area contributed by atoms with Gasteiger partial charge >= 0.3 is 6.09 Å². The van der Waals surface area contributed by atoms with Gasteiger partial charge in [0.05, 0.1) is 9.88 Å². The minimum atomic E-state index is -1.10. The normalized spacial score (nSPS) is 17.2. The molecule has 0 spiro atoms. The van der Waals surface area contributed by atoms with E-state index < -0.39 is 6.09 Å². The van der Waals surface area contributed by atoms with E-state index in [0.717, 1.165) is 29.8 Å². The minimum absolute atomic E-state index is 0.185. The molecule has 2 N–H and O–H groups in total. The lowest BCUT2D eigenvalue weighted by Gasteiger charge is -2.35. The number of piperidine rings is 1. The Morgan fingerprint density at radius 3 is 2.77 bits per heavy atom. The van der Waals surface area contributed by atoms with Gasteiger partial charge in [0.1, 0.15) is 11.5 Å². The largest absolute Gasteiger partial charge is 0.465 e. The molecule has 1 aliphatic heterocycles. The second-order valence-corrected chi connectivity index (χ2v) is 7.45. The Labute approximate surface area is 154 Å². The number of hydrogen-bond acceptors (Lipinski definition) is 4. The molecule has 0 unspecified atom stereocenters. The molecule has 2 heterocycles. The highest BCUT2D eigenvalue weighted by Crippen LogP contribution is 2.32. The van der Waals surface area contributed by atoms with Crippen molar-refractivity contribution in [2.45, 2.75) is 32.2 Å². The third kappa shape index (κ3) is 4.01. The second-order valence-electron chi connectivity index (χ2n) is 6.25. The molecule has 26 heavy (non-hydrogen) atoms. The van der Waals surface area contributed by atoms with Crippen LogP contribution < -0.4 is 5.32 Å². The molecule has 1 saturated heterocycles. The van der Waals surface area contributed by atoms with E-state index in [2.05, 4.69) is 10.3 Å². The summed E-state index contributed by atoms with van der Waals surface area (Å²) in [5.41, 5.74) is 1.10. The summed E-state index contributed by atoms with van der Waals surface area (Å²) in [4.78, 5) is 30.8. The van der Waals surface area contributed by atoms with Gasteiger partial charge in [0.15, 0.2) is 0 Å². The summed E-state index contributed by atoms with van der Waals surface area (Å²) in [6.45, 7) is 2.61. The number of benzene rings is 1. The molecule has 1 aliphatic rings. The molecule has 1 aromatic heterocycles. The molecule has 0 saturated carbocycles. The number of aromatic nitrogens is 1. The molecule has 1 aromatic carbocycles. The fourth-order valence-corrected chi connectivity index (χ4v) is 4.11. The Balaban J connectivity index is 1.88. The molecule has 0 bridgehead atoms. The summed E-state index contributed by atoms with van der Waals surface area (Å²) in [7, 11) is 0. The van der Waals surface area contributed by atoms with E-state index in [-0.39, 0.29) is 24.3 Å². The summed E-state index contributed by atoms with van der Waals surface area (Å²) >= 11 is 1.39. The first-order chi connectivity index (χ1) is 12.5. The highest BCUT2D eigenvalue weighted by Gasteiger charge is 2.31. The van der Waals surface area contributed by atoms with E-state index in [0.29, 0.717) is 17.1 Å². The number of nitrogens with zero attached hydrogens (tertiary/aromatic N) is 2. The van der Waals surface area contributed by atoms with Crippen molar-refractivity contribution in [1.29, 1.82) is 0 Å². The molecule has 8 heteroatoms. The van der Waals surface area contributed by atoms with Crippen molar-refractivity contribution in [2.75, 3.05) is 13.1 Å². The lowest BCUT2D eigenvalue weighted by Crippen LogP contribution is -2.49. The van der Waals surface area contributed by atoms with Gasteiger partial charge in [-0.25, -0.2) is 14.2 Å². The Kier molecular flexibility index (Phi) is 5.51. The highest BCUT2D eigenvalue weighted by atomic mass is 32.1. The predicted octanol–water partition coefficient (Wildman–Crippen LogP) is 3.52. The van der Waals surface area contributed by atoms with Crippen molar-refractivity contribution in [3.8, 4) is 10.4 Å². The minimum Gasteiger partial charge on any atom is -0.465 e. The SMILES string of the molecule is Cc1nc(C(=O)N2CCCC[C@H]2CNC(=O)O)c(-c2ccc(F)cc2)s1. The second kappa shape index (κ2) is 7.82. The van der Waals surface area contributed by atoms with Crippen molar-refractivity contribution >= 4 is 23.3 Å². The van der Waals surface area contributed by atoms with Crippen molar-refractivity contribution < 1.29 is 19.1 Å². The molecule has 3 rings (SSSR count). The first kappa shape index (κ1) is 18.3. The third-order valence-corrected chi connectivity index (χ3v) is 5.44. The van der Waals surface area contributed by atoms with Gasteiger partial charge in [-0.2, -0.15) is 0 Å². The fourth-order valence-electron chi connectivity index (χ4n) is 3.19. The number of hydrogen-bond donors (Lipinski definition) is 2. The van der Waals surface area contributed by atoms with Gasteiger partial charge in [0, 0.05) is 19.1 Å². The van der Waals surface area contributed by atoms with Crippen LogP contribution in [-0.4, -0.2) is 46.1 Å². The highest BCUT2D eigenvalue weighted by molar-refractivity contribution is 7.15. The van der Waals surface area contributed by atoms with E-state index in [4.69, 9.17) is 5.11 Å². The Morgan fingerprint density at radius 1 is 1.35 bits per heavy atom. The Hall–Kier alpha value is -2.48. The molecule has 0 aliphatic carbocycles. The topological polar surface area (TPSA) is 82.5 Å². The quantitative estimate of drug-likeness (QED) is 0.854. The maximum Gasteiger partial charge on any atom is 0.404 e. The molecular weight excluding hydrogens is 357 g/mol. The van der Waals surface area contributed by atoms with E-state index >= 15 is 0 Å². The number of rotatable bonds is 4. The molecule has 0 radical (unpaired) electrons. The van der Waals surface area contributed by atoms with Crippen LogP contribution in [0.15, 0.2) is 24.3 Å². The number of thiazole rings is 1. The molecule has 138 valence electrons. The zero-order valence-corrected chi connectivity index (χ0v) is 15.2. The Morgan fingerprint density at radius 2 is 2.08 bits per heavy atom. The van der Waals surface area contributed by atoms with Gasteiger partial charge in [-0.05, 0) is 43.9 Å². The summed E-state index contributed by atoms with van der Waals surface area (Å²) in [5, 5.41) is 12.0. The zero-order chi connectivity index (χ0) is 18.7. The van der Waals surface area contributed by atoms with Crippen LogP contribution in [0.25, 0.3) is 10.4 Å². The monoisotopic (exact) mass is 377 g/mol. The molecule has 2 amide bonds. The number of nitrogens with one attached hydrogen (secondary N) is 1. The number of likely N-dealkylation sites (tertiary alicyclic amines) is 1. The number of carboxylic acid groups (broad SMARTS) is 1. The number of halogens is 1. The average Bonchev–Trinajstić information content (AvgIpc) is 3.02. The summed E-state index contributed by atoms with van der Waals surface area (Å²) in [6, 6.07) is 5.81. The first-order valence-electron chi connectivity index (χ1n) is 8.47. The molecule has 1 fully saturated rings. The van der Waals surface area contributed by atoms with Crippen LogP contribution >= 0.6 is 11.3 Å². The van der Waals surface area contributed by atoms with Crippen LogP contribution in [0.4, 0.5) is 9.18 Å². The lowest BCUT2D eigenvalue weighted by molar-refractivity contribution is 0.0606. The van der Waals surface area contributed by atoms with Gasteiger partial charge in [0.2, 0.25) is 0 Å². The summed E-state index contributed by atoms with van der Waals surface area (Å²) in [5.74, 6) is -0.538. The van der Waals surface area contributed by atoms with E-state index in [1.807, 2.05) is 6.92 Å². The molecule has 6 nitrogen and oxygen atoms in total. The lowest BCUT2D eigenvalue weighted by atomic mass is 10.0. The third-order valence-electron chi connectivity index (χ3n) is 4.42. The number of aryl methyl sites for hydroxylation is 1. The van der Waals surface area contributed by atoms with Crippen LogP contribution in [-0.2, 0) is 0 Å². The van der Waals surface area contributed by atoms with Gasteiger partial charge in [-0.3, -0.25) is 4.79 Å². The maximum absolute atomic E-state index is 13.2. The van der Waals surface area contributed by atoms with Gasteiger partial charge in [0.25, 0.3) is 5.91 Å². The van der Waals surface area contributed by atoms with Gasteiger partial charge in [-0.15, -0.1) is 11.3 Å². The predicted molar refractivity (Wildman–Crippen MR) is 96.9 cm³/mol. The van der Waals surface area contributed by atoms with Crippen molar-refractivity contribution in [3.63, 3.8) is 0 Å². The van der Waals surface area contributed by atoms with Gasteiger partial charge < -0.3 is 15.3 Å². The number of amides is 2. The van der Waals surface area contributed by atoms with Crippen LogP contribution in [0.3, 0.4) is 0 Å². The van der Waals surface area contributed by atoms with Crippen LogP contribution in [0, 0.1) is 12.7 Å². The van der Waals surface area contributed by atoms with E-state index in [1.165, 1.54) is 23.5 Å². The van der Waals surface area contributed by atoms with Gasteiger partial charge in [-0.1, -0.05) is 12.1 Å². The maximum atomic E-state index is 13.2. The van der Waals surface area contributed by atoms with Crippen LogP contribution in [0.2, 0.25) is 0 Å². The molecule has 2 aromatic rings. The van der Waals surface area contributed by atoms with Crippen LogP contribution in [0.1, 0.15) is 34.8 Å². The zero-order valence-electron chi connectivity index (χ0n) is 14.4. The number of carbonyl (C=O) groups is 2. The van der Waals surface area contributed by atoms with Crippen molar-refractivity contribution in [1.82, 2.24) is 15.2 Å². The number of carbonyl (C=O) groups excluding carboxylic acids is 1. The molecular formula is C18H20FN3O3S. The first-order valence-corrected chi connectivity index (χ1v) is 9.28. The summed E-state index contributed by atoms with van der Waals surface area (Å²) < 4.78 is 13.2. The smallest absolute Gasteiger partial charge is 0.404 e. The fraction of sp³-hybridized carbons (Fsp3) is 0.389. The van der Waals surface area contributed by atoms with Crippen molar-refractivity contribution in [3.05, 3.63) is 40.8 Å².